The second kappa shape index (κ2) is 4.87. The highest BCUT2D eigenvalue weighted by atomic mass is 16.5. The second-order valence-electron chi connectivity index (χ2n) is 4.09. The van der Waals surface area contributed by atoms with Gasteiger partial charge in [0.05, 0.1) is 0 Å². The van der Waals surface area contributed by atoms with Crippen molar-refractivity contribution in [1.82, 2.24) is 4.57 Å². The molecule has 0 N–H and O–H groups in total. The molecule has 0 spiro atoms. The Bertz CT molecular complexity index is 511. The summed E-state index contributed by atoms with van der Waals surface area (Å²) in [5.41, 5.74) is 1.85. The molecule has 0 aliphatic heterocycles. The smallest absolute Gasteiger partial charge is 0.201 e. The summed E-state index contributed by atoms with van der Waals surface area (Å²) >= 11 is 0. The van der Waals surface area contributed by atoms with Crippen LogP contribution in [0.1, 0.15) is 15.9 Å². The molecular weight excluding hydrogens is 214 g/mol. The molecule has 2 rings (SSSR count). The van der Waals surface area contributed by atoms with Crippen LogP contribution in [0, 0.1) is 6.92 Å². The molecule has 0 aliphatic carbocycles. The predicted octanol–water partition coefficient (Wildman–Crippen LogP) is 2.60. The van der Waals surface area contributed by atoms with Gasteiger partial charge in [0.25, 0.3) is 0 Å². The number of nitrogens with zero attached hydrogens (tertiary/aromatic N) is 1. The SMILES string of the molecule is Cc1ccc(OCC(=O)c2ccn(C)c2)cc1. The maximum atomic E-state index is 11.8. The van der Waals surface area contributed by atoms with Gasteiger partial charge in [-0.05, 0) is 25.1 Å². The van der Waals surface area contributed by atoms with Crippen LogP contribution in [0.15, 0.2) is 42.7 Å². The summed E-state index contributed by atoms with van der Waals surface area (Å²) in [5.74, 6) is 0.714. The summed E-state index contributed by atoms with van der Waals surface area (Å²) in [4.78, 5) is 11.8. The van der Waals surface area contributed by atoms with Crippen LogP contribution in [0.5, 0.6) is 5.75 Å². The van der Waals surface area contributed by atoms with Crippen LogP contribution in [0.4, 0.5) is 0 Å². The van der Waals surface area contributed by atoms with Gasteiger partial charge in [0, 0.05) is 25.0 Å². The normalized spacial score (nSPS) is 10.2. The van der Waals surface area contributed by atoms with E-state index in [2.05, 4.69) is 0 Å². The lowest BCUT2D eigenvalue weighted by molar-refractivity contribution is 0.0921. The van der Waals surface area contributed by atoms with Gasteiger partial charge in [0.15, 0.2) is 6.61 Å². The van der Waals surface area contributed by atoms with Crippen LogP contribution < -0.4 is 4.74 Å². The number of benzene rings is 1. The van der Waals surface area contributed by atoms with Gasteiger partial charge in [0.1, 0.15) is 5.75 Å². The maximum Gasteiger partial charge on any atom is 0.201 e. The number of ketones is 1. The molecule has 2 aromatic rings. The standard InChI is InChI=1S/C14H15NO2/c1-11-3-5-13(6-4-11)17-10-14(16)12-7-8-15(2)9-12/h3-9H,10H2,1-2H3. The Balaban J connectivity index is 1.94. The van der Waals surface area contributed by atoms with Crippen LogP contribution in [0.3, 0.4) is 0 Å². The van der Waals surface area contributed by atoms with Gasteiger partial charge >= 0.3 is 0 Å². The quantitative estimate of drug-likeness (QED) is 0.754. The van der Waals surface area contributed by atoms with E-state index in [9.17, 15) is 4.79 Å². The van der Waals surface area contributed by atoms with Gasteiger partial charge in [-0.15, -0.1) is 0 Å². The van der Waals surface area contributed by atoms with Crippen molar-refractivity contribution in [3.63, 3.8) is 0 Å². The Hall–Kier alpha value is -2.03. The first-order chi connectivity index (χ1) is 8.15. The largest absolute Gasteiger partial charge is 0.485 e. The van der Waals surface area contributed by atoms with Crippen molar-refractivity contribution in [1.29, 1.82) is 0 Å². The van der Waals surface area contributed by atoms with Crippen LogP contribution in [-0.4, -0.2) is 17.0 Å². The first kappa shape index (κ1) is 11.5. The van der Waals surface area contributed by atoms with Crippen molar-refractivity contribution in [2.24, 2.45) is 7.05 Å². The van der Waals surface area contributed by atoms with E-state index in [0.29, 0.717) is 5.56 Å². The van der Waals surface area contributed by atoms with Gasteiger partial charge in [-0.1, -0.05) is 17.7 Å². The highest BCUT2D eigenvalue weighted by molar-refractivity contribution is 5.97. The Morgan fingerprint density at radius 3 is 2.53 bits per heavy atom. The molecule has 0 atom stereocenters. The minimum Gasteiger partial charge on any atom is -0.485 e. The Labute approximate surface area is 101 Å². The Kier molecular flexibility index (Phi) is 3.28. The summed E-state index contributed by atoms with van der Waals surface area (Å²) in [6.45, 7) is 2.09. The van der Waals surface area contributed by atoms with Crippen molar-refractivity contribution in [2.45, 2.75) is 6.92 Å². The molecule has 3 heteroatoms. The van der Waals surface area contributed by atoms with E-state index in [0.717, 1.165) is 5.75 Å². The molecule has 0 fully saturated rings. The molecule has 0 bridgehead atoms. The number of aromatic nitrogens is 1. The zero-order valence-corrected chi connectivity index (χ0v) is 10.0. The van der Waals surface area contributed by atoms with Crippen molar-refractivity contribution < 1.29 is 9.53 Å². The first-order valence-electron chi connectivity index (χ1n) is 5.50. The fraction of sp³-hybridized carbons (Fsp3) is 0.214. The van der Waals surface area contributed by atoms with E-state index in [1.54, 1.807) is 12.3 Å². The topological polar surface area (TPSA) is 31.2 Å². The maximum absolute atomic E-state index is 11.8. The molecule has 1 aromatic carbocycles. The van der Waals surface area contributed by atoms with Crippen molar-refractivity contribution in [2.75, 3.05) is 6.61 Å². The van der Waals surface area contributed by atoms with Gasteiger partial charge in [-0.3, -0.25) is 4.79 Å². The van der Waals surface area contributed by atoms with E-state index in [1.807, 2.05) is 49.0 Å². The highest BCUT2D eigenvalue weighted by Crippen LogP contribution is 2.12. The predicted molar refractivity (Wildman–Crippen MR) is 66.4 cm³/mol. The molecule has 0 unspecified atom stereocenters. The first-order valence-corrected chi connectivity index (χ1v) is 5.50. The lowest BCUT2D eigenvalue weighted by Crippen LogP contribution is -2.10. The van der Waals surface area contributed by atoms with Gasteiger partial charge in [-0.2, -0.15) is 0 Å². The van der Waals surface area contributed by atoms with Crippen LogP contribution in [-0.2, 0) is 7.05 Å². The third-order valence-corrected chi connectivity index (χ3v) is 2.54. The number of hydrogen-bond donors (Lipinski definition) is 0. The van der Waals surface area contributed by atoms with Gasteiger partial charge in [0.2, 0.25) is 5.78 Å². The Morgan fingerprint density at radius 1 is 1.24 bits per heavy atom. The monoisotopic (exact) mass is 229 g/mol. The highest BCUT2D eigenvalue weighted by Gasteiger charge is 2.07. The molecule has 0 saturated heterocycles. The third kappa shape index (κ3) is 2.97. The van der Waals surface area contributed by atoms with E-state index < -0.39 is 0 Å². The molecule has 0 radical (unpaired) electrons. The summed E-state index contributed by atoms with van der Waals surface area (Å²) in [7, 11) is 1.89. The van der Waals surface area contributed by atoms with Crippen LogP contribution in [0.2, 0.25) is 0 Å². The minimum atomic E-state index is -0.00817. The number of hydrogen-bond acceptors (Lipinski definition) is 2. The number of ether oxygens (including phenoxy) is 1. The minimum absolute atomic E-state index is 0.00817. The van der Waals surface area contributed by atoms with E-state index in [1.165, 1.54) is 5.56 Å². The van der Waals surface area contributed by atoms with E-state index in [4.69, 9.17) is 4.74 Å². The fourth-order valence-corrected chi connectivity index (χ4v) is 1.53. The average Bonchev–Trinajstić information content (AvgIpc) is 2.75. The lowest BCUT2D eigenvalue weighted by Gasteiger charge is -2.04. The van der Waals surface area contributed by atoms with Crippen LogP contribution >= 0.6 is 0 Å². The number of carbonyl (C=O) groups is 1. The van der Waals surface area contributed by atoms with E-state index >= 15 is 0 Å². The van der Waals surface area contributed by atoms with Crippen molar-refractivity contribution in [3.8, 4) is 5.75 Å². The van der Waals surface area contributed by atoms with Crippen molar-refractivity contribution in [3.05, 3.63) is 53.9 Å². The summed E-state index contributed by atoms with van der Waals surface area (Å²) in [5, 5.41) is 0. The lowest BCUT2D eigenvalue weighted by atomic mass is 10.2. The molecule has 0 saturated carbocycles. The van der Waals surface area contributed by atoms with Crippen molar-refractivity contribution >= 4 is 5.78 Å². The van der Waals surface area contributed by atoms with E-state index in [-0.39, 0.29) is 12.4 Å². The number of Topliss-reactive ketones (excluding diaryl/α,β-unsaturated/α-hetero) is 1. The number of carbonyl (C=O) groups excluding carboxylic acids is 1. The molecular formula is C14H15NO2. The zero-order valence-electron chi connectivity index (χ0n) is 10.0. The van der Waals surface area contributed by atoms with Crippen LogP contribution in [0.25, 0.3) is 0 Å². The average molecular weight is 229 g/mol. The number of aryl methyl sites for hydroxylation is 2. The third-order valence-electron chi connectivity index (χ3n) is 2.54. The molecule has 88 valence electrons. The number of rotatable bonds is 4. The van der Waals surface area contributed by atoms with Gasteiger partial charge < -0.3 is 9.30 Å². The molecule has 17 heavy (non-hydrogen) atoms. The van der Waals surface area contributed by atoms with Gasteiger partial charge in [-0.25, -0.2) is 0 Å². The molecule has 1 heterocycles. The zero-order chi connectivity index (χ0) is 12.3. The Morgan fingerprint density at radius 2 is 1.94 bits per heavy atom. The summed E-state index contributed by atoms with van der Waals surface area (Å²) in [6, 6.07) is 9.45. The fourth-order valence-electron chi connectivity index (χ4n) is 1.53. The summed E-state index contributed by atoms with van der Waals surface area (Å²) in [6.07, 6.45) is 3.64. The second-order valence-corrected chi connectivity index (χ2v) is 4.09. The molecule has 0 amide bonds. The molecule has 3 nitrogen and oxygen atoms in total. The molecule has 1 aromatic heterocycles. The molecule has 0 aliphatic rings. The summed E-state index contributed by atoms with van der Waals surface area (Å²) < 4.78 is 7.27.